The number of carbonyl (C=O) groups excluding carboxylic acids is 1. The van der Waals surface area contributed by atoms with Crippen molar-refractivity contribution < 1.29 is 4.79 Å². The molecule has 0 fully saturated rings. The first-order chi connectivity index (χ1) is 8.97. The fourth-order valence-corrected chi connectivity index (χ4v) is 1.89. The van der Waals surface area contributed by atoms with Crippen LogP contribution < -0.4 is 0 Å². The molecule has 0 saturated heterocycles. The lowest BCUT2D eigenvalue weighted by Crippen LogP contribution is -2.46. The van der Waals surface area contributed by atoms with E-state index in [1.807, 2.05) is 26.0 Å². The molecule has 1 amide bonds. The van der Waals surface area contributed by atoms with E-state index in [2.05, 4.69) is 9.97 Å². The second kappa shape index (κ2) is 5.13. The standard InChI is InChI=1S/C14H16ClN3O/c1-14(2,9-15)18(3)13(19)10-5-4-6-11-12(10)17-8-7-16-11/h4-8H,9H2,1-3H3. The Hall–Kier alpha value is -1.68. The molecule has 0 aliphatic rings. The van der Waals surface area contributed by atoms with Crippen LogP contribution >= 0.6 is 11.6 Å². The van der Waals surface area contributed by atoms with E-state index >= 15 is 0 Å². The number of alkyl halides is 1. The number of para-hydroxylation sites is 1. The van der Waals surface area contributed by atoms with E-state index in [9.17, 15) is 4.79 Å². The van der Waals surface area contributed by atoms with Crippen molar-refractivity contribution in [3.05, 3.63) is 36.2 Å². The number of hydrogen-bond acceptors (Lipinski definition) is 3. The van der Waals surface area contributed by atoms with Crippen LogP contribution in [0.1, 0.15) is 24.2 Å². The summed E-state index contributed by atoms with van der Waals surface area (Å²) in [7, 11) is 1.75. The number of benzene rings is 1. The second-order valence-electron chi connectivity index (χ2n) is 5.04. The molecule has 1 aromatic heterocycles. The molecular formula is C14H16ClN3O. The third-order valence-corrected chi connectivity index (χ3v) is 3.92. The lowest BCUT2D eigenvalue weighted by Gasteiger charge is -2.34. The number of amides is 1. The molecule has 0 aliphatic carbocycles. The highest BCUT2D eigenvalue weighted by atomic mass is 35.5. The molecule has 2 aromatic rings. The normalized spacial score (nSPS) is 11.6. The number of fused-ring (bicyclic) bond motifs is 1. The number of rotatable bonds is 3. The average molecular weight is 278 g/mol. The average Bonchev–Trinajstić information content (AvgIpc) is 2.45. The molecule has 1 heterocycles. The molecule has 1 aromatic carbocycles. The lowest BCUT2D eigenvalue weighted by molar-refractivity contribution is 0.0662. The van der Waals surface area contributed by atoms with Crippen LogP contribution in [0.2, 0.25) is 0 Å². The van der Waals surface area contributed by atoms with E-state index < -0.39 is 5.54 Å². The van der Waals surface area contributed by atoms with Crippen LogP contribution in [0.15, 0.2) is 30.6 Å². The zero-order valence-corrected chi connectivity index (χ0v) is 12.0. The predicted molar refractivity (Wildman–Crippen MR) is 76.4 cm³/mol. The molecule has 4 nitrogen and oxygen atoms in total. The number of aromatic nitrogens is 2. The summed E-state index contributed by atoms with van der Waals surface area (Å²) in [5, 5.41) is 0. The first kappa shape index (κ1) is 13.7. The van der Waals surface area contributed by atoms with Gasteiger partial charge in [0.2, 0.25) is 0 Å². The number of carbonyl (C=O) groups is 1. The van der Waals surface area contributed by atoms with Crippen molar-refractivity contribution >= 4 is 28.5 Å². The van der Waals surface area contributed by atoms with Crippen LogP contribution in [0.25, 0.3) is 11.0 Å². The van der Waals surface area contributed by atoms with Gasteiger partial charge in [0.05, 0.1) is 16.6 Å². The maximum Gasteiger partial charge on any atom is 0.256 e. The summed E-state index contributed by atoms with van der Waals surface area (Å²) in [4.78, 5) is 22.7. The second-order valence-corrected chi connectivity index (χ2v) is 5.31. The molecule has 0 spiro atoms. The van der Waals surface area contributed by atoms with Crippen molar-refractivity contribution in [1.29, 1.82) is 0 Å². The van der Waals surface area contributed by atoms with Crippen molar-refractivity contribution in [2.24, 2.45) is 0 Å². The molecule has 0 N–H and O–H groups in total. The summed E-state index contributed by atoms with van der Waals surface area (Å²) in [5.74, 6) is 0.267. The first-order valence-electron chi connectivity index (χ1n) is 6.01. The smallest absolute Gasteiger partial charge is 0.256 e. The Morgan fingerprint density at radius 1 is 1.32 bits per heavy atom. The molecule has 0 saturated carbocycles. The van der Waals surface area contributed by atoms with E-state index in [1.54, 1.807) is 30.4 Å². The summed E-state index contributed by atoms with van der Waals surface area (Å²) >= 11 is 5.92. The number of halogens is 1. The van der Waals surface area contributed by atoms with Crippen LogP contribution in [0.5, 0.6) is 0 Å². The maximum atomic E-state index is 12.6. The maximum absolute atomic E-state index is 12.6. The zero-order valence-electron chi connectivity index (χ0n) is 11.2. The SMILES string of the molecule is CN(C(=O)c1cccc2nccnc12)C(C)(C)CCl. The highest BCUT2D eigenvalue weighted by Crippen LogP contribution is 2.21. The van der Waals surface area contributed by atoms with Gasteiger partial charge in [0, 0.05) is 25.3 Å². The fraction of sp³-hybridized carbons (Fsp3) is 0.357. The summed E-state index contributed by atoms with van der Waals surface area (Å²) < 4.78 is 0. The van der Waals surface area contributed by atoms with Gasteiger partial charge in [0.1, 0.15) is 5.52 Å². The van der Waals surface area contributed by atoms with Gasteiger partial charge in [0.15, 0.2) is 0 Å². The molecule has 100 valence electrons. The van der Waals surface area contributed by atoms with Crippen molar-refractivity contribution in [1.82, 2.24) is 14.9 Å². The van der Waals surface area contributed by atoms with Crippen LogP contribution in [-0.4, -0.2) is 39.2 Å². The van der Waals surface area contributed by atoms with E-state index in [0.29, 0.717) is 22.5 Å². The largest absolute Gasteiger partial charge is 0.335 e. The van der Waals surface area contributed by atoms with Gasteiger partial charge >= 0.3 is 0 Å². The Labute approximate surface area is 117 Å². The molecule has 0 atom stereocenters. The third-order valence-electron chi connectivity index (χ3n) is 3.27. The first-order valence-corrected chi connectivity index (χ1v) is 6.54. The minimum absolute atomic E-state index is 0.100. The summed E-state index contributed by atoms with van der Waals surface area (Å²) in [6.45, 7) is 3.85. The van der Waals surface area contributed by atoms with E-state index in [0.717, 1.165) is 0 Å². The van der Waals surface area contributed by atoms with Gasteiger partial charge in [-0.1, -0.05) is 6.07 Å². The quantitative estimate of drug-likeness (QED) is 0.811. The van der Waals surface area contributed by atoms with Crippen molar-refractivity contribution in [3.63, 3.8) is 0 Å². The van der Waals surface area contributed by atoms with E-state index in [4.69, 9.17) is 11.6 Å². The third kappa shape index (κ3) is 2.54. The van der Waals surface area contributed by atoms with Crippen LogP contribution in [0.3, 0.4) is 0 Å². The van der Waals surface area contributed by atoms with Crippen LogP contribution in [-0.2, 0) is 0 Å². The molecule has 0 aliphatic heterocycles. The monoisotopic (exact) mass is 277 g/mol. The Morgan fingerprint density at radius 2 is 2.00 bits per heavy atom. The van der Waals surface area contributed by atoms with Crippen molar-refractivity contribution in [2.45, 2.75) is 19.4 Å². The molecule has 5 heteroatoms. The van der Waals surface area contributed by atoms with E-state index in [-0.39, 0.29) is 5.91 Å². The molecule has 0 bridgehead atoms. The molecule has 0 radical (unpaired) electrons. The van der Waals surface area contributed by atoms with Crippen molar-refractivity contribution in [2.75, 3.05) is 12.9 Å². The van der Waals surface area contributed by atoms with Crippen molar-refractivity contribution in [3.8, 4) is 0 Å². The Morgan fingerprint density at radius 3 is 2.68 bits per heavy atom. The fourth-order valence-electron chi connectivity index (χ4n) is 1.71. The summed E-state index contributed by atoms with van der Waals surface area (Å²) in [6.07, 6.45) is 3.20. The lowest BCUT2D eigenvalue weighted by atomic mass is 10.0. The zero-order chi connectivity index (χ0) is 14.0. The highest BCUT2D eigenvalue weighted by Gasteiger charge is 2.28. The van der Waals surface area contributed by atoms with Gasteiger partial charge in [-0.05, 0) is 26.0 Å². The molecule has 2 rings (SSSR count). The summed E-state index contributed by atoms with van der Waals surface area (Å²) in [6, 6.07) is 5.41. The van der Waals surface area contributed by atoms with Gasteiger partial charge in [-0.3, -0.25) is 14.8 Å². The summed E-state index contributed by atoms with van der Waals surface area (Å²) in [5.41, 5.74) is 1.46. The minimum atomic E-state index is -0.414. The Bertz CT molecular complexity index is 607. The molecular weight excluding hydrogens is 262 g/mol. The number of hydrogen-bond donors (Lipinski definition) is 0. The van der Waals surface area contributed by atoms with Gasteiger partial charge in [0.25, 0.3) is 5.91 Å². The van der Waals surface area contributed by atoms with Gasteiger partial charge in [-0.15, -0.1) is 11.6 Å². The predicted octanol–water partition coefficient (Wildman–Crippen LogP) is 2.72. The Kier molecular flexibility index (Phi) is 3.71. The van der Waals surface area contributed by atoms with Gasteiger partial charge < -0.3 is 4.90 Å². The highest BCUT2D eigenvalue weighted by molar-refractivity contribution is 6.19. The van der Waals surface area contributed by atoms with Crippen LogP contribution in [0, 0.1) is 0 Å². The van der Waals surface area contributed by atoms with E-state index in [1.165, 1.54) is 0 Å². The number of nitrogens with zero attached hydrogens (tertiary/aromatic N) is 3. The minimum Gasteiger partial charge on any atom is -0.335 e. The molecule has 19 heavy (non-hydrogen) atoms. The van der Waals surface area contributed by atoms with Gasteiger partial charge in [-0.25, -0.2) is 0 Å². The molecule has 0 unspecified atom stereocenters. The van der Waals surface area contributed by atoms with Gasteiger partial charge in [-0.2, -0.15) is 0 Å². The van der Waals surface area contributed by atoms with Crippen LogP contribution in [0.4, 0.5) is 0 Å². The topological polar surface area (TPSA) is 46.1 Å². The Balaban J connectivity index is 2.48.